The molecule has 0 aromatic heterocycles. The van der Waals surface area contributed by atoms with Gasteiger partial charge in [0.25, 0.3) is 0 Å². The van der Waals surface area contributed by atoms with Crippen molar-refractivity contribution in [2.45, 2.75) is 6.42 Å². The van der Waals surface area contributed by atoms with E-state index in [1.54, 1.807) is 0 Å². The highest BCUT2D eigenvalue weighted by molar-refractivity contribution is 4.82. The lowest BCUT2D eigenvalue weighted by atomic mass is 10.3. The van der Waals surface area contributed by atoms with Gasteiger partial charge >= 0.3 is 0 Å². The molecule has 0 aliphatic rings. The molecule has 0 saturated heterocycles. The SMILES string of the molecule is C#CC[N+](C)(C)CCCO.[Br-]. The summed E-state index contributed by atoms with van der Waals surface area (Å²) in [5.41, 5.74) is 0. The van der Waals surface area contributed by atoms with Crippen molar-refractivity contribution in [1.29, 1.82) is 0 Å². The van der Waals surface area contributed by atoms with Gasteiger partial charge in [-0.2, -0.15) is 0 Å². The van der Waals surface area contributed by atoms with Crippen molar-refractivity contribution >= 4 is 0 Å². The number of terminal acetylenes is 1. The monoisotopic (exact) mass is 221 g/mol. The molecule has 0 unspecified atom stereocenters. The highest BCUT2D eigenvalue weighted by Gasteiger charge is 2.10. The van der Waals surface area contributed by atoms with Gasteiger partial charge in [-0.3, -0.25) is 0 Å². The van der Waals surface area contributed by atoms with E-state index >= 15 is 0 Å². The van der Waals surface area contributed by atoms with Crippen molar-refractivity contribution in [3.05, 3.63) is 0 Å². The normalized spacial score (nSPS) is 10.0. The van der Waals surface area contributed by atoms with Crippen LogP contribution in [0.15, 0.2) is 0 Å². The van der Waals surface area contributed by atoms with Crippen molar-refractivity contribution in [1.82, 2.24) is 0 Å². The van der Waals surface area contributed by atoms with Crippen LogP contribution in [0.4, 0.5) is 0 Å². The maximum Gasteiger partial charge on any atom is 0.140 e. The van der Waals surface area contributed by atoms with E-state index in [9.17, 15) is 0 Å². The topological polar surface area (TPSA) is 20.2 Å². The highest BCUT2D eigenvalue weighted by Crippen LogP contribution is 1.96. The predicted molar refractivity (Wildman–Crippen MR) is 42.4 cm³/mol. The van der Waals surface area contributed by atoms with Gasteiger partial charge in [0.2, 0.25) is 0 Å². The zero-order valence-electron chi connectivity index (χ0n) is 7.18. The Morgan fingerprint density at radius 1 is 1.45 bits per heavy atom. The van der Waals surface area contributed by atoms with Crippen molar-refractivity contribution in [3.8, 4) is 12.3 Å². The van der Waals surface area contributed by atoms with Crippen molar-refractivity contribution in [2.24, 2.45) is 0 Å². The zero-order chi connectivity index (χ0) is 8.04. The van der Waals surface area contributed by atoms with Gasteiger partial charge in [0.15, 0.2) is 0 Å². The molecule has 0 bridgehead atoms. The van der Waals surface area contributed by atoms with Gasteiger partial charge in [0, 0.05) is 13.0 Å². The van der Waals surface area contributed by atoms with E-state index in [-0.39, 0.29) is 23.6 Å². The fourth-order valence-electron chi connectivity index (χ4n) is 0.825. The van der Waals surface area contributed by atoms with Crippen molar-refractivity contribution in [2.75, 3.05) is 33.8 Å². The molecule has 11 heavy (non-hydrogen) atoms. The van der Waals surface area contributed by atoms with E-state index in [2.05, 4.69) is 20.0 Å². The van der Waals surface area contributed by atoms with Crippen LogP contribution in [0.1, 0.15) is 6.42 Å². The maximum atomic E-state index is 8.54. The maximum absolute atomic E-state index is 8.54. The second kappa shape index (κ2) is 6.66. The first-order valence-corrected chi connectivity index (χ1v) is 3.49. The summed E-state index contributed by atoms with van der Waals surface area (Å²) in [6.07, 6.45) is 5.99. The van der Waals surface area contributed by atoms with Gasteiger partial charge in [-0.25, -0.2) is 0 Å². The molecule has 0 amide bonds. The Morgan fingerprint density at radius 3 is 2.36 bits per heavy atom. The molecule has 2 nitrogen and oxygen atoms in total. The van der Waals surface area contributed by atoms with Crippen LogP contribution in [0.25, 0.3) is 0 Å². The summed E-state index contributed by atoms with van der Waals surface area (Å²) in [4.78, 5) is 0. The van der Waals surface area contributed by atoms with E-state index in [4.69, 9.17) is 11.5 Å². The van der Waals surface area contributed by atoms with Gasteiger partial charge in [-0.05, 0) is 5.92 Å². The first-order chi connectivity index (χ1) is 4.62. The Labute approximate surface area is 79.6 Å². The molecule has 66 valence electrons. The Balaban J connectivity index is 0. The molecule has 0 atom stereocenters. The first-order valence-electron chi connectivity index (χ1n) is 3.49. The zero-order valence-corrected chi connectivity index (χ0v) is 8.76. The smallest absolute Gasteiger partial charge is 0.140 e. The first kappa shape index (κ1) is 13.5. The molecular formula is C8H16BrNO. The van der Waals surface area contributed by atoms with Gasteiger partial charge in [0.1, 0.15) is 6.54 Å². The summed E-state index contributed by atoms with van der Waals surface area (Å²) in [6.45, 7) is 1.94. The van der Waals surface area contributed by atoms with E-state index in [0.29, 0.717) is 0 Å². The fourth-order valence-corrected chi connectivity index (χ4v) is 0.825. The minimum atomic E-state index is 0. The third-order valence-electron chi connectivity index (χ3n) is 1.44. The summed E-state index contributed by atoms with van der Waals surface area (Å²) in [5, 5.41) is 8.54. The number of hydrogen-bond acceptors (Lipinski definition) is 1. The molecule has 0 aliphatic heterocycles. The van der Waals surface area contributed by atoms with Crippen molar-refractivity contribution < 1.29 is 26.6 Å². The largest absolute Gasteiger partial charge is 1.00 e. The Hall–Kier alpha value is -0.0400. The molecule has 1 N–H and O–H groups in total. The van der Waals surface area contributed by atoms with Crippen LogP contribution in [0.3, 0.4) is 0 Å². The van der Waals surface area contributed by atoms with Crippen LogP contribution in [0, 0.1) is 12.3 Å². The lowest BCUT2D eigenvalue weighted by Gasteiger charge is -2.26. The van der Waals surface area contributed by atoms with Crippen LogP contribution in [0.2, 0.25) is 0 Å². The van der Waals surface area contributed by atoms with Crippen molar-refractivity contribution in [3.63, 3.8) is 0 Å². The van der Waals surface area contributed by atoms with Crippen LogP contribution >= 0.6 is 0 Å². The minimum Gasteiger partial charge on any atom is -1.00 e. The van der Waals surface area contributed by atoms with Gasteiger partial charge < -0.3 is 26.6 Å². The lowest BCUT2D eigenvalue weighted by molar-refractivity contribution is -0.883. The third kappa shape index (κ3) is 7.86. The summed E-state index contributed by atoms with van der Waals surface area (Å²) in [6, 6.07) is 0. The van der Waals surface area contributed by atoms with Crippen LogP contribution in [-0.2, 0) is 0 Å². The molecule has 0 saturated carbocycles. The molecule has 0 spiro atoms. The molecule has 0 aliphatic carbocycles. The van der Waals surface area contributed by atoms with E-state index < -0.39 is 0 Å². The number of aliphatic hydroxyl groups is 1. The minimum absolute atomic E-state index is 0. The summed E-state index contributed by atoms with van der Waals surface area (Å²) < 4.78 is 0.803. The lowest BCUT2D eigenvalue weighted by Crippen LogP contribution is -3.00. The third-order valence-corrected chi connectivity index (χ3v) is 1.44. The van der Waals surface area contributed by atoms with Gasteiger partial charge in [-0.15, -0.1) is 6.42 Å². The number of halogens is 1. The molecule has 0 aromatic rings. The standard InChI is InChI=1S/C8H16NO.BrH/c1-4-6-9(2,3)7-5-8-10;/h1,10H,5-8H2,2-3H3;1H/q+1;/p-1. The fraction of sp³-hybridized carbons (Fsp3) is 0.750. The summed E-state index contributed by atoms with van der Waals surface area (Å²) >= 11 is 0. The summed E-state index contributed by atoms with van der Waals surface area (Å²) in [5.74, 6) is 2.61. The molecular weight excluding hydrogens is 206 g/mol. The molecule has 0 fully saturated rings. The molecule has 3 heteroatoms. The Kier molecular flexibility index (Phi) is 8.20. The second-order valence-electron chi connectivity index (χ2n) is 3.10. The van der Waals surface area contributed by atoms with Gasteiger partial charge in [0.05, 0.1) is 20.6 Å². The van der Waals surface area contributed by atoms with Crippen LogP contribution in [0.5, 0.6) is 0 Å². The highest BCUT2D eigenvalue weighted by atomic mass is 79.9. The average molecular weight is 222 g/mol. The predicted octanol–water partition coefficient (Wildman–Crippen LogP) is -2.92. The number of nitrogens with zero attached hydrogens (tertiary/aromatic N) is 1. The molecule has 0 heterocycles. The van der Waals surface area contributed by atoms with E-state index in [0.717, 1.165) is 24.0 Å². The molecule has 0 aromatic carbocycles. The van der Waals surface area contributed by atoms with Crippen LogP contribution < -0.4 is 17.0 Å². The molecule has 0 rings (SSSR count). The number of aliphatic hydroxyl groups excluding tert-OH is 1. The quantitative estimate of drug-likeness (QED) is 0.399. The van der Waals surface area contributed by atoms with E-state index in [1.807, 2.05) is 0 Å². The van der Waals surface area contributed by atoms with Gasteiger partial charge in [-0.1, -0.05) is 0 Å². The van der Waals surface area contributed by atoms with Crippen LogP contribution in [-0.4, -0.2) is 43.4 Å². The molecule has 0 radical (unpaired) electrons. The average Bonchev–Trinajstić information content (AvgIpc) is 1.84. The van der Waals surface area contributed by atoms with E-state index in [1.165, 1.54) is 0 Å². The number of quaternary nitrogens is 1. The Morgan fingerprint density at radius 2 is 2.00 bits per heavy atom. The Bertz CT molecular complexity index is 129. The number of hydrogen-bond donors (Lipinski definition) is 1. The summed E-state index contributed by atoms with van der Waals surface area (Å²) in [7, 11) is 4.13. The second-order valence-corrected chi connectivity index (χ2v) is 3.10. The number of rotatable bonds is 4.